The Morgan fingerprint density at radius 3 is 2.67 bits per heavy atom. The van der Waals surface area contributed by atoms with Crippen molar-refractivity contribution in [2.75, 3.05) is 26.4 Å². The fourth-order valence-electron chi connectivity index (χ4n) is 2.56. The fourth-order valence-corrected chi connectivity index (χ4v) is 2.75. The van der Waals surface area contributed by atoms with Crippen molar-refractivity contribution in [3.63, 3.8) is 0 Å². The van der Waals surface area contributed by atoms with Gasteiger partial charge in [-0.1, -0.05) is 23.7 Å². The first-order valence-electron chi connectivity index (χ1n) is 7.99. The number of halogens is 1. The molecule has 2 rings (SSSR count). The number of hydrogen-bond donors (Lipinski definition) is 2. The Morgan fingerprint density at radius 2 is 2.00 bits per heavy atom. The molecule has 1 saturated heterocycles. The molecule has 0 saturated carbocycles. The molecule has 1 fully saturated rings. The summed E-state index contributed by atoms with van der Waals surface area (Å²) in [5.41, 5.74) is -0.915. The number of carbonyl (C=O) groups is 2. The number of rotatable bonds is 8. The molecule has 24 heavy (non-hydrogen) atoms. The molecule has 6 nitrogen and oxygen atoms in total. The van der Waals surface area contributed by atoms with Gasteiger partial charge in [-0.3, -0.25) is 9.59 Å². The van der Waals surface area contributed by atoms with E-state index in [9.17, 15) is 14.7 Å². The molecule has 7 heteroatoms. The minimum absolute atomic E-state index is 0.135. The summed E-state index contributed by atoms with van der Waals surface area (Å²) in [5, 5.41) is 12.7. The van der Waals surface area contributed by atoms with Crippen molar-refractivity contribution in [2.24, 2.45) is 5.41 Å². The number of hydrogen-bond acceptors (Lipinski definition) is 4. The lowest BCUT2D eigenvalue weighted by Gasteiger charge is -2.33. The largest absolute Gasteiger partial charge is 0.492 e. The number of benzene rings is 1. The Labute approximate surface area is 146 Å². The molecule has 1 aromatic carbocycles. The molecule has 2 N–H and O–H groups in total. The highest BCUT2D eigenvalue weighted by Gasteiger charge is 2.40. The molecular weight excluding hydrogens is 334 g/mol. The van der Waals surface area contributed by atoms with Gasteiger partial charge in [0.2, 0.25) is 5.91 Å². The van der Waals surface area contributed by atoms with E-state index in [4.69, 9.17) is 21.1 Å². The normalized spacial score (nSPS) is 16.4. The Bertz CT molecular complexity index is 572. The maximum absolute atomic E-state index is 11.9. The Hall–Kier alpha value is -1.79. The van der Waals surface area contributed by atoms with Crippen LogP contribution in [-0.2, 0) is 14.3 Å². The molecular formula is C17H22ClNO5. The number of aliphatic carboxylic acids is 1. The van der Waals surface area contributed by atoms with Gasteiger partial charge >= 0.3 is 5.97 Å². The number of nitrogens with one attached hydrogen (secondary N) is 1. The molecule has 0 aliphatic carbocycles. The van der Waals surface area contributed by atoms with Crippen LogP contribution in [0.15, 0.2) is 24.3 Å². The zero-order valence-electron chi connectivity index (χ0n) is 13.4. The van der Waals surface area contributed by atoms with Crippen molar-refractivity contribution < 1.29 is 24.2 Å². The van der Waals surface area contributed by atoms with Gasteiger partial charge in [-0.15, -0.1) is 0 Å². The molecule has 0 atom stereocenters. The van der Waals surface area contributed by atoms with Gasteiger partial charge in [-0.2, -0.15) is 0 Å². The fraction of sp³-hybridized carbons (Fsp3) is 0.529. The lowest BCUT2D eigenvalue weighted by atomic mass is 9.80. The minimum Gasteiger partial charge on any atom is -0.492 e. The van der Waals surface area contributed by atoms with E-state index >= 15 is 0 Å². The number of carboxylic acid groups (broad SMARTS) is 1. The minimum atomic E-state index is -0.915. The van der Waals surface area contributed by atoms with E-state index in [1.807, 2.05) is 12.1 Å². The van der Waals surface area contributed by atoms with Gasteiger partial charge in [0.15, 0.2) is 0 Å². The van der Waals surface area contributed by atoms with Gasteiger partial charge in [0, 0.05) is 26.2 Å². The summed E-state index contributed by atoms with van der Waals surface area (Å²) in [6.45, 7) is 1.33. The first kappa shape index (κ1) is 18.5. The standard InChI is InChI=1S/C17H22ClNO5/c18-13-4-1-2-5-14(13)24-9-3-6-15(20)19-12-17(16(21)22)7-10-23-11-8-17/h1-2,4-5H,3,6-12H2,(H,19,20)(H,21,22). The molecule has 0 bridgehead atoms. The van der Waals surface area contributed by atoms with Gasteiger partial charge in [-0.25, -0.2) is 0 Å². The second-order valence-electron chi connectivity index (χ2n) is 5.86. The summed E-state index contributed by atoms with van der Waals surface area (Å²) in [4.78, 5) is 23.4. The van der Waals surface area contributed by atoms with E-state index < -0.39 is 11.4 Å². The number of carboxylic acids is 1. The molecule has 1 aliphatic rings. The predicted molar refractivity (Wildman–Crippen MR) is 89.3 cm³/mol. The smallest absolute Gasteiger partial charge is 0.311 e. The van der Waals surface area contributed by atoms with Gasteiger partial charge in [0.05, 0.1) is 17.0 Å². The van der Waals surface area contributed by atoms with Crippen LogP contribution in [0.1, 0.15) is 25.7 Å². The van der Waals surface area contributed by atoms with Crippen LogP contribution >= 0.6 is 11.6 Å². The Morgan fingerprint density at radius 1 is 1.29 bits per heavy atom. The summed E-state index contributed by atoms with van der Waals surface area (Å²) < 4.78 is 10.7. The van der Waals surface area contributed by atoms with Crippen molar-refractivity contribution >= 4 is 23.5 Å². The second-order valence-corrected chi connectivity index (χ2v) is 6.26. The molecule has 1 amide bonds. The van der Waals surface area contributed by atoms with Crippen LogP contribution in [0, 0.1) is 5.41 Å². The zero-order chi connectivity index (χ0) is 17.4. The number of ether oxygens (including phenoxy) is 2. The van der Waals surface area contributed by atoms with E-state index in [2.05, 4.69) is 5.32 Å². The van der Waals surface area contributed by atoms with Crippen molar-refractivity contribution in [1.29, 1.82) is 0 Å². The highest BCUT2D eigenvalue weighted by Crippen LogP contribution is 2.30. The maximum Gasteiger partial charge on any atom is 0.311 e. The molecule has 1 aliphatic heterocycles. The van der Waals surface area contributed by atoms with E-state index in [1.54, 1.807) is 12.1 Å². The SMILES string of the molecule is O=C(CCCOc1ccccc1Cl)NCC1(C(=O)O)CCOCC1. The average molecular weight is 356 g/mol. The van der Waals surface area contributed by atoms with Crippen molar-refractivity contribution in [1.82, 2.24) is 5.32 Å². The van der Waals surface area contributed by atoms with Crippen LogP contribution in [0.3, 0.4) is 0 Å². The number of amides is 1. The third-order valence-electron chi connectivity index (χ3n) is 4.17. The van der Waals surface area contributed by atoms with E-state index in [0.29, 0.717) is 49.9 Å². The topological polar surface area (TPSA) is 84.9 Å². The summed E-state index contributed by atoms with van der Waals surface area (Å²) >= 11 is 5.98. The Kier molecular flexibility index (Phi) is 6.87. The highest BCUT2D eigenvalue weighted by molar-refractivity contribution is 6.32. The van der Waals surface area contributed by atoms with Gasteiger partial charge in [0.25, 0.3) is 0 Å². The molecule has 0 aromatic heterocycles. The van der Waals surface area contributed by atoms with Gasteiger partial charge in [0.1, 0.15) is 5.75 Å². The summed E-state index contributed by atoms with van der Waals surface area (Å²) in [6, 6.07) is 7.15. The predicted octanol–water partition coefficient (Wildman–Crippen LogP) is 2.50. The molecule has 0 spiro atoms. The van der Waals surface area contributed by atoms with Gasteiger partial charge in [-0.05, 0) is 31.4 Å². The van der Waals surface area contributed by atoms with E-state index in [-0.39, 0.29) is 18.9 Å². The first-order chi connectivity index (χ1) is 11.5. The molecule has 132 valence electrons. The van der Waals surface area contributed by atoms with Crippen molar-refractivity contribution in [2.45, 2.75) is 25.7 Å². The average Bonchev–Trinajstić information content (AvgIpc) is 2.59. The monoisotopic (exact) mass is 355 g/mol. The summed E-state index contributed by atoms with van der Waals surface area (Å²) in [5.74, 6) is -0.468. The number of carbonyl (C=O) groups excluding carboxylic acids is 1. The van der Waals surface area contributed by atoms with Gasteiger partial charge < -0.3 is 19.9 Å². The second kappa shape index (κ2) is 8.89. The van der Waals surface area contributed by atoms with E-state index in [0.717, 1.165) is 0 Å². The highest BCUT2D eigenvalue weighted by atomic mass is 35.5. The maximum atomic E-state index is 11.9. The number of para-hydroxylation sites is 1. The third-order valence-corrected chi connectivity index (χ3v) is 4.48. The zero-order valence-corrected chi connectivity index (χ0v) is 14.2. The van der Waals surface area contributed by atoms with Crippen LogP contribution < -0.4 is 10.1 Å². The lowest BCUT2D eigenvalue weighted by molar-refractivity contribution is -0.154. The van der Waals surface area contributed by atoms with Crippen LogP contribution in [-0.4, -0.2) is 43.3 Å². The lowest BCUT2D eigenvalue weighted by Crippen LogP contribution is -2.46. The van der Waals surface area contributed by atoms with Crippen LogP contribution in [0.4, 0.5) is 0 Å². The molecule has 1 heterocycles. The van der Waals surface area contributed by atoms with Crippen molar-refractivity contribution in [3.05, 3.63) is 29.3 Å². The van der Waals surface area contributed by atoms with E-state index in [1.165, 1.54) is 0 Å². The summed E-state index contributed by atoms with van der Waals surface area (Å²) in [6.07, 6.45) is 1.63. The van der Waals surface area contributed by atoms with Crippen molar-refractivity contribution in [3.8, 4) is 5.75 Å². The van der Waals surface area contributed by atoms with Crippen LogP contribution in [0.2, 0.25) is 5.02 Å². The molecule has 0 radical (unpaired) electrons. The molecule has 0 unspecified atom stereocenters. The summed E-state index contributed by atoms with van der Waals surface area (Å²) in [7, 11) is 0. The molecule has 1 aromatic rings. The first-order valence-corrected chi connectivity index (χ1v) is 8.36. The quantitative estimate of drug-likeness (QED) is 0.700. The Balaban J connectivity index is 1.69. The van der Waals surface area contributed by atoms with Crippen LogP contribution in [0.5, 0.6) is 5.75 Å². The van der Waals surface area contributed by atoms with Crippen LogP contribution in [0.25, 0.3) is 0 Å². The third kappa shape index (κ3) is 5.11.